The molecule has 0 spiro atoms. The molecule has 2 N–H and O–H groups in total. The smallest absolute Gasteiger partial charge is 0.191 e. The van der Waals surface area contributed by atoms with E-state index in [9.17, 15) is 0 Å². The summed E-state index contributed by atoms with van der Waals surface area (Å²) in [5.74, 6) is 2.15. The molecule has 0 aromatic heterocycles. The molecule has 3 rings (SSSR count). The minimum Gasteiger partial charge on any atom is -0.381 e. The molecule has 1 heterocycles. The second-order valence-corrected chi connectivity index (χ2v) is 8.04. The maximum atomic E-state index is 5.81. The van der Waals surface area contributed by atoms with Crippen LogP contribution in [-0.2, 0) is 9.47 Å². The number of guanidine groups is 1. The fourth-order valence-electron chi connectivity index (χ4n) is 3.35. The highest BCUT2D eigenvalue weighted by atomic mass is 79.9. The average Bonchev–Trinajstić information content (AvgIpc) is 3.44. The van der Waals surface area contributed by atoms with E-state index in [4.69, 9.17) is 9.47 Å². The molecule has 1 aromatic rings. The van der Waals surface area contributed by atoms with Crippen LogP contribution in [0.3, 0.4) is 0 Å². The van der Waals surface area contributed by atoms with E-state index in [1.807, 2.05) is 7.05 Å². The van der Waals surface area contributed by atoms with Gasteiger partial charge in [-0.25, -0.2) is 0 Å². The van der Waals surface area contributed by atoms with Crippen LogP contribution < -0.4 is 10.6 Å². The van der Waals surface area contributed by atoms with Crippen LogP contribution in [0.4, 0.5) is 0 Å². The molecule has 6 heteroatoms. The molecular weight excluding hydrogens is 394 g/mol. The zero-order valence-electron chi connectivity index (χ0n) is 15.5. The lowest BCUT2D eigenvalue weighted by Gasteiger charge is -2.21. The minimum absolute atomic E-state index is 0.479. The quantitative estimate of drug-likeness (QED) is 0.382. The van der Waals surface area contributed by atoms with Crippen LogP contribution in [0, 0.1) is 5.92 Å². The molecule has 1 saturated carbocycles. The zero-order valence-corrected chi connectivity index (χ0v) is 17.1. The van der Waals surface area contributed by atoms with Gasteiger partial charge in [0.05, 0.1) is 0 Å². The van der Waals surface area contributed by atoms with Crippen molar-refractivity contribution in [2.75, 3.05) is 40.0 Å². The molecule has 2 atom stereocenters. The molecule has 144 valence electrons. The van der Waals surface area contributed by atoms with Gasteiger partial charge < -0.3 is 20.1 Å². The number of hydrogen-bond acceptors (Lipinski definition) is 3. The van der Waals surface area contributed by atoms with Crippen molar-refractivity contribution in [3.05, 3.63) is 34.3 Å². The largest absolute Gasteiger partial charge is 0.381 e. The molecular formula is C20H30BrN3O2. The fraction of sp³-hybridized carbons (Fsp3) is 0.650. The van der Waals surface area contributed by atoms with Crippen LogP contribution in [0.5, 0.6) is 0 Å². The minimum atomic E-state index is 0.479. The summed E-state index contributed by atoms with van der Waals surface area (Å²) in [6.07, 6.45) is 4.42. The maximum Gasteiger partial charge on any atom is 0.191 e. The third-order valence-electron chi connectivity index (χ3n) is 5.09. The number of ether oxygens (including phenoxy) is 2. The normalized spacial score (nSPS) is 23.7. The van der Waals surface area contributed by atoms with Crippen LogP contribution >= 0.6 is 15.9 Å². The molecule has 0 bridgehead atoms. The first-order valence-electron chi connectivity index (χ1n) is 9.64. The Labute approximate surface area is 165 Å². The zero-order chi connectivity index (χ0) is 18.2. The van der Waals surface area contributed by atoms with Gasteiger partial charge in [0.2, 0.25) is 0 Å². The summed E-state index contributed by atoms with van der Waals surface area (Å²) < 4.78 is 12.3. The third-order valence-corrected chi connectivity index (χ3v) is 5.62. The van der Waals surface area contributed by atoms with Crippen molar-refractivity contribution in [1.29, 1.82) is 0 Å². The van der Waals surface area contributed by atoms with E-state index < -0.39 is 0 Å². The Morgan fingerprint density at radius 2 is 2.04 bits per heavy atom. The van der Waals surface area contributed by atoms with Gasteiger partial charge >= 0.3 is 0 Å². The lowest BCUT2D eigenvalue weighted by atomic mass is 10.0. The lowest BCUT2D eigenvalue weighted by Crippen LogP contribution is -2.39. The highest BCUT2D eigenvalue weighted by Crippen LogP contribution is 2.40. The van der Waals surface area contributed by atoms with Crippen molar-refractivity contribution < 1.29 is 9.47 Å². The summed E-state index contributed by atoms with van der Waals surface area (Å²) in [5, 5.41) is 6.91. The molecule has 2 unspecified atom stereocenters. The molecule has 2 aliphatic rings. The Balaban J connectivity index is 1.26. The number of nitrogens with zero attached hydrogens (tertiary/aromatic N) is 1. The van der Waals surface area contributed by atoms with Gasteiger partial charge in [-0.1, -0.05) is 28.1 Å². The van der Waals surface area contributed by atoms with Gasteiger partial charge in [0.15, 0.2) is 5.96 Å². The molecule has 1 saturated heterocycles. The topological polar surface area (TPSA) is 54.9 Å². The number of rotatable bonds is 8. The highest BCUT2D eigenvalue weighted by Gasteiger charge is 2.38. The van der Waals surface area contributed by atoms with Crippen molar-refractivity contribution in [1.82, 2.24) is 10.6 Å². The Morgan fingerprint density at radius 1 is 1.27 bits per heavy atom. The fourth-order valence-corrected chi connectivity index (χ4v) is 3.61. The maximum absolute atomic E-state index is 5.81. The SMILES string of the molecule is CN=C(NCCCOCC1CCOCC1)NC1CC1c1ccc(Br)cc1. The lowest BCUT2D eigenvalue weighted by molar-refractivity contribution is 0.0203. The number of nitrogens with one attached hydrogen (secondary N) is 2. The van der Waals surface area contributed by atoms with Gasteiger partial charge in [0, 0.05) is 56.5 Å². The van der Waals surface area contributed by atoms with E-state index in [0.717, 1.165) is 69.1 Å². The molecule has 1 aromatic carbocycles. The van der Waals surface area contributed by atoms with Crippen molar-refractivity contribution in [2.24, 2.45) is 10.9 Å². The summed E-state index contributed by atoms with van der Waals surface area (Å²) in [6.45, 7) is 4.32. The van der Waals surface area contributed by atoms with Crippen LogP contribution in [0.1, 0.15) is 37.2 Å². The third kappa shape index (κ3) is 6.25. The number of hydrogen-bond donors (Lipinski definition) is 2. The number of benzene rings is 1. The first-order chi connectivity index (χ1) is 12.8. The first kappa shape index (κ1) is 19.6. The van der Waals surface area contributed by atoms with Gasteiger partial charge in [-0.15, -0.1) is 0 Å². The summed E-state index contributed by atoms with van der Waals surface area (Å²) >= 11 is 3.49. The second-order valence-electron chi connectivity index (χ2n) is 7.13. The molecule has 1 aliphatic heterocycles. The van der Waals surface area contributed by atoms with Gasteiger partial charge in [-0.3, -0.25) is 4.99 Å². The van der Waals surface area contributed by atoms with E-state index in [2.05, 4.69) is 55.8 Å². The summed E-state index contributed by atoms with van der Waals surface area (Å²) in [5.41, 5.74) is 1.39. The molecule has 5 nitrogen and oxygen atoms in total. The average molecular weight is 424 g/mol. The monoisotopic (exact) mass is 423 g/mol. The number of halogens is 1. The second kappa shape index (κ2) is 10.3. The van der Waals surface area contributed by atoms with Crippen molar-refractivity contribution in [3.63, 3.8) is 0 Å². The van der Waals surface area contributed by atoms with E-state index >= 15 is 0 Å². The van der Waals surface area contributed by atoms with Gasteiger partial charge in [0.1, 0.15) is 0 Å². The van der Waals surface area contributed by atoms with Crippen molar-refractivity contribution in [2.45, 2.75) is 37.6 Å². The molecule has 0 amide bonds. The number of aliphatic imine (C=N–C) groups is 1. The molecule has 26 heavy (non-hydrogen) atoms. The van der Waals surface area contributed by atoms with Gasteiger partial charge in [-0.2, -0.15) is 0 Å². The van der Waals surface area contributed by atoms with Crippen molar-refractivity contribution >= 4 is 21.9 Å². The molecule has 2 fully saturated rings. The Kier molecular flexibility index (Phi) is 7.77. The molecule has 1 aliphatic carbocycles. The van der Waals surface area contributed by atoms with E-state index in [1.165, 1.54) is 5.56 Å². The van der Waals surface area contributed by atoms with Crippen LogP contribution in [0.15, 0.2) is 33.7 Å². The van der Waals surface area contributed by atoms with E-state index in [-0.39, 0.29) is 0 Å². The summed E-state index contributed by atoms with van der Waals surface area (Å²) in [6, 6.07) is 9.09. The van der Waals surface area contributed by atoms with Crippen LogP contribution in [0.25, 0.3) is 0 Å². The van der Waals surface area contributed by atoms with Gasteiger partial charge in [-0.05, 0) is 49.3 Å². The van der Waals surface area contributed by atoms with E-state index in [0.29, 0.717) is 17.9 Å². The predicted molar refractivity (Wildman–Crippen MR) is 109 cm³/mol. The van der Waals surface area contributed by atoms with Gasteiger partial charge in [0.25, 0.3) is 0 Å². The first-order valence-corrected chi connectivity index (χ1v) is 10.4. The summed E-state index contributed by atoms with van der Waals surface area (Å²) in [4.78, 5) is 4.33. The van der Waals surface area contributed by atoms with E-state index in [1.54, 1.807) is 0 Å². The Hall–Kier alpha value is -1.11. The Bertz CT molecular complexity index is 573. The highest BCUT2D eigenvalue weighted by molar-refractivity contribution is 9.10. The van der Waals surface area contributed by atoms with Crippen LogP contribution in [-0.4, -0.2) is 52.0 Å². The Morgan fingerprint density at radius 3 is 2.77 bits per heavy atom. The summed E-state index contributed by atoms with van der Waals surface area (Å²) in [7, 11) is 1.83. The molecule has 0 radical (unpaired) electrons. The van der Waals surface area contributed by atoms with Crippen molar-refractivity contribution in [3.8, 4) is 0 Å². The standard InChI is InChI=1S/C20H30BrN3O2/c1-22-20(23-9-2-10-26-14-15-7-11-25-12-8-15)24-19-13-18(19)16-3-5-17(21)6-4-16/h3-6,15,18-19H,2,7-14H2,1H3,(H2,22,23,24). The van der Waals surface area contributed by atoms with Crippen LogP contribution in [0.2, 0.25) is 0 Å². The predicted octanol–water partition coefficient (Wildman–Crippen LogP) is 3.30.